The Morgan fingerprint density at radius 2 is 1.94 bits per heavy atom. The van der Waals surface area contributed by atoms with E-state index < -0.39 is 5.97 Å². The second-order valence-electron chi connectivity index (χ2n) is 7.82. The lowest BCUT2D eigenvalue weighted by Crippen LogP contribution is -2.51. The van der Waals surface area contributed by atoms with Crippen molar-refractivity contribution in [2.24, 2.45) is 0 Å². The van der Waals surface area contributed by atoms with Crippen molar-refractivity contribution >= 4 is 28.9 Å². The molecule has 0 unspecified atom stereocenters. The number of hydrogen-bond donors (Lipinski definition) is 4. The first-order valence-corrected chi connectivity index (χ1v) is 11.0. The molecule has 2 aromatic carbocycles. The molecule has 0 saturated carbocycles. The minimum Gasteiger partial charge on any atom is -0.477 e. The number of carboxylic acid groups (broad SMARTS) is 1. The highest BCUT2D eigenvalue weighted by atomic mass is 32.1. The molecule has 1 amide bonds. The van der Waals surface area contributed by atoms with Crippen molar-refractivity contribution in [3.05, 3.63) is 76.2 Å². The van der Waals surface area contributed by atoms with Gasteiger partial charge in [-0.15, -0.1) is 11.3 Å². The SMILES string of the molecule is Cc1ccc(NC2CNC2)cc1C(=O)N[C@H](C)c1cccc(-c2ccc(C(=O)O)s2)c1. The summed E-state index contributed by atoms with van der Waals surface area (Å²) in [6.07, 6.45) is 0. The molecular weight excluding hydrogens is 410 g/mol. The Bertz CT molecular complexity index is 1120. The highest BCUT2D eigenvalue weighted by Gasteiger charge is 2.18. The van der Waals surface area contributed by atoms with Crippen LogP contribution in [0.2, 0.25) is 0 Å². The van der Waals surface area contributed by atoms with E-state index in [1.165, 1.54) is 11.3 Å². The Balaban J connectivity index is 1.49. The van der Waals surface area contributed by atoms with E-state index in [2.05, 4.69) is 16.0 Å². The fourth-order valence-corrected chi connectivity index (χ4v) is 4.35. The van der Waals surface area contributed by atoms with Crippen LogP contribution in [0, 0.1) is 6.92 Å². The number of benzene rings is 2. The lowest BCUT2D eigenvalue weighted by atomic mass is 10.0. The van der Waals surface area contributed by atoms with E-state index in [0.29, 0.717) is 16.5 Å². The summed E-state index contributed by atoms with van der Waals surface area (Å²) >= 11 is 1.24. The van der Waals surface area contributed by atoms with Crippen LogP contribution in [0.1, 0.15) is 44.1 Å². The van der Waals surface area contributed by atoms with Crippen LogP contribution >= 0.6 is 11.3 Å². The van der Waals surface area contributed by atoms with Gasteiger partial charge >= 0.3 is 5.97 Å². The molecule has 1 fully saturated rings. The molecule has 1 atom stereocenters. The van der Waals surface area contributed by atoms with Crippen LogP contribution in [0.25, 0.3) is 10.4 Å². The highest BCUT2D eigenvalue weighted by Crippen LogP contribution is 2.30. The van der Waals surface area contributed by atoms with Crippen LogP contribution in [0.15, 0.2) is 54.6 Å². The summed E-state index contributed by atoms with van der Waals surface area (Å²) in [6, 6.07) is 17.4. The van der Waals surface area contributed by atoms with Crippen LogP contribution < -0.4 is 16.0 Å². The smallest absolute Gasteiger partial charge is 0.345 e. The van der Waals surface area contributed by atoms with Gasteiger partial charge < -0.3 is 21.1 Å². The van der Waals surface area contributed by atoms with Crippen LogP contribution in [-0.4, -0.2) is 36.1 Å². The van der Waals surface area contributed by atoms with Crippen molar-refractivity contribution in [1.82, 2.24) is 10.6 Å². The first-order chi connectivity index (χ1) is 14.9. The Hall–Kier alpha value is -3.16. The highest BCUT2D eigenvalue weighted by molar-refractivity contribution is 7.17. The number of carboxylic acids is 1. The maximum atomic E-state index is 13.0. The van der Waals surface area contributed by atoms with E-state index in [1.807, 2.05) is 62.4 Å². The van der Waals surface area contributed by atoms with Gasteiger partial charge in [0, 0.05) is 29.2 Å². The number of hydrogen-bond acceptors (Lipinski definition) is 5. The summed E-state index contributed by atoms with van der Waals surface area (Å²) in [7, 11) is 0. The average molecular weight is 436 g/mol. The number of aryl methyl sites for hydroxylation is 1. The zero-order chi connectivity index (χ0) is 22.0. The summed E-state index contributed by atoms with van der Waals surface area (Å²) in [6.45, 7) is 5.75. The Kier molecular flexibility index (Phi) is 6.06. The van der Waals surface area contributed by atoms with Gasteiger partial charge in [-0.25, -0.2) is 4.79 Å². The van der Waals surface area contributed by atoms with E-state index in [-0.39, 0.29) is 11.9 Å². The fraction of sp³-hybridized carbons (Fsp3) is 0.250. The topological polar surface area (TPSA) is 90.5 Å². The molecule has 3 aromatic rings. The summed E-state index contributed by atoms with van der Waals surface area (Å²) in [5.74, 6) is -1.04. The van der Waals surface area contributed by atoms with Gasteiger partial charge in [-0.05, 0) is 60.9 Å². The minimum absolute atomic E-state index is 0.116. The molecule has 0 aliphatic carbocycles. The van der Waals surface area contributed by atoms with Gasteiger partial charge in [0.1, 0.15) is 4.88 Å². The van der Waals surface area contributed by atoms with Crippen LogP contribution in [0.3, 0.4) is 0 Å². The third kappa shape index (κ3) is 4.78. The fourth-order valence-electron chi connectivity index (χ4n) is 3.51. The molecule has 2 heterocycles. The van der Waals surface area contributed by atoms with Crippen LogP contribution in [0.4, 0.5) is 5.69 Å². The summed E-state index contributed by atoms with van der Waals surface area (Å²) in [4.78, 5) is 25.3. The monoisotopic (exact) mass is 435 g/mol. The summed E-state index contributed by atoms with van der Waals surface area (Å²) in [5.41, 5.74) is 4.43. The molecule has 0 bridgehead atoms. The second kappa shape index (κ2) is 8.91. The Morgan fingerprint density at radius 3 is 2.61 bits per heavy atom. The molecule has 1 aliphatic heterocycles. The molecule has 1 saturated heterocycles. The molecule has 7 heteroatoms. The second-order valence-corrected chi connectivity index (χ2v) is 8.90. The van der Waals surface area contributed by atoms with Gasteiger partial charge in [-0.3, -0.25) is 4.79 Å². The van der Waals surface area contributed by atoms with E-state index in [0.717, 1.165) is 40.3 Å². The third-order valence-electron chi connectivity index (χ3n) is 5.47. The standard InChI is InChI=1S/C24H25N3O3S/c1-14-6-7-18(27-19-12-25-13-19)11-20(14)23(28)26-15(2)16-4-3-5-17(10-16)21-8-9-22(31-21)24(29)30/h3-11,15,19,25,27H,12-13H2,1-2H3,(H,26,28)(H,29,30)/t15-/m1/s1. The third-order valence-corrected chi connectivity index (χ3v) is 6.59. The van der Waals surface area contributed by atoms with Gasteiger partial charge in [0.25, 0.3) is 5.91 Å². The van der Waals surface area contributed by atoms with E-state index in [4.69, 9.17) is 5.11 Å². The zero-order valence-electron chi connectivity index (χ0n) is 17.4. The van der Waals surface area contributed by atoms with Crippen molar-refractivity contribution in [1.29, 1.82) is 0 Å². The van der Waals surface area contributed by atoms with E-state index in [1.54, 1.807) is 6.07 Å². The number of thiophene rings is 1. The number of amides is 1. The largest absolute Gasteiger partial charge is 0.477 e. The van der Waals surface area contributed by atoms with Crippen molar-refractivity contribution in [3.8, 4) is 10.4 Å². The Morgan fingerprint density at radius 1 is 1.13 bits per heavy atom. The lowest BCUT2D eigenvalue weighted by molar-refractivity contribution is 0.0702. The zero-order valence-corrected chi connectivity index (χ0v) is 18.3. The summed E-state index contributed by atoms with van der Waals surface area (Å²) in [5, 5.41) is 18.9. The van der Waals surface area contributed by atoms with Gasteiger partial charge in [0.05, 0.1) is 12.1 Å². The number of nitrogens with one attached hydrogen (secondary N) is 3. The molecule has 160 valence electrons. The summed E-state index contributed by atoms with van der Waals surface area (Å²) < 4.78 is 0. The lowest BCUT2D eigenvalue weighted by Gasteiger charge is -2.29. The maximum Gasteiger partial charge on any atom is 0.345 e. The number of carbonyl (C=O) groups is 2. The average Bonchev–Trinajstić information content (AvgIpc) is 3.22. The number of aromatic carboxylic acids is 1. The Labute approximate surface area is 185 Å². The van der Waals surface area contributed by atoms with E-state index in [9.17, 15) is 9.59 Å². The normalized spacial score (nSPS) is 14.5. The van der Waals surface area contributed by atoms with Gasteiger partial charge in [-0.2, -0.15) is 0 Å². The van der Waals surface area contributed by atoms with Crippen molar-refractivity contribution in [2.75, 3.05) is 18.4 Å². The first-order valence-electron chi connectivity index (χ1n) is 10.2. The molecule has 4 rings (SSSR count). The number of rotatable bonds is 7. The minimum atomic E-state index is -0.923. The molecule has 4 N–H and O–H groups in total. The quantitative estimate of drug-likeness (QED) is 0.444. The maximum absolute atomic E-state index is 13.0. The van der Waals surface area contributed by atoms with Crippen molar-refractivity contribution in [3.63, 3.8) is 0 Å². The molecule has 0 spiro atoms. The molecule has 1 aromatic heterocycles. The predicted octanol–water partition coefficient (Wildman–Crippen LogP) is 4.30. The number of carbonyl (C=O) groups excluding carboxylic acids is 1. The van der Waals surface area contributed by atoms with Crippen molar-refractivity contribution < 1.29 is 14.7 Å². The van der Waals surface area contributed by atoms with Crippen LogP contribution in [-0.2, 0) is 0 Å². The molecule has 31 heavy (non-hydrogen) atoms. The first kappa shape index (κ1) is 21.1. The van der Waals surface area contributed by atoms with Crippen LogP contribution in [0.5, 0.6) is 0 Å². The molecular formula is C24H25N3O3S. The molecule has 1 aliphatic rings. The molecule has 6 nitrogen and oxygen atoms in total. The number of anilines is 1. The van der Waals surface area contributed by atoms with Gasteiger partial charge in [0.15, 0.2) is 0 Å². The van der Waals surface area contributed by atoms with Crippen molar-refractivity contribution in [2.45, 2.75) is 25.9 Å². The van der Waals surface area contributed by atoms with Gasteiger partial charge in [-0.1, -0.05) is 24.3 Å². The van der Waals surface area contributed by atoms with Gasteiger partial charge in [0.2, 0.25) is 0 Å². The molecule has 0 radical (unpaired) electrons. The van der Waals surface area contributed by atoms with E-state index >= 15 is 0 Å². The predicted molar refractivity (Wildman–Crippen MR) is 124 cm³/mol.